The number of anilines is 1. The maximum absolute atomic E-state index is 12.6. The van der Waals surface area contributed by atoms with Crippen LogP contribution < -0.4 is 10.6 Å². The van der Waals surface area contributed by atoms with Gasteiger partial charge in [-0.15, -0.1) is 0 Å². The largest absolute Gasteiger partial charge is 0.416 e. The van der Waals surface area contributed by atoms with E-state index < -0.39 is 23.6 Å². The molecule has 1 saturated heterocycles. The van der Waals surface area contributed by atoms with Crippen molar-refractivity contribution >= 4 is 17.5 Å². The molecule has 0 spiro atoms. The summed E-state index contributed by atoms with van der Waals surface area (Å²) in [5.41, 5.74) is -0.937. The molecule has 8 heteroatoms. The van der Waals surface area contributed by atoms with Gasteiger partial charge in [0, 0.05) is 31.9 Å². The number of benzene rings is 1. The van der Waals surface area contributed by atoms with E-state index >= 15 is 0 Å². The second-order valence-electron chi connectivity index (χ2n) is 4.57. The Morgan fingerprint density at radius 2 is 1.86 bits per heavy atom. The van der Waals surface area contributed by atoms with Crippen molar-refractivity contribution in [3.8, 4) is 0 Å². The van der Waals surface area contributed by atoms with Crippen molar-refractivity contribution in [1.82, 2.24) is 10.2 Å². The summed E-state index contributed by atoms with van der Waals surface area (Å²) in [6, 6.07) is 4.17. The van der Waals surface area contributed by atoms with E-state index in [4.69, 9.17) is 0 Å². The molecule has 0 saturated carbocycles. The van der Waals surface area contributed by atoms with Gasteiger partial charge in [0.05, 0.1) is 5.56 Å². The molecule has 0 atom stereocenters. The van der Waals surface area contributed by atoms with Crippen LogP contribution in [0.5, 0.6) is 0 Å². The Kier molecular flexibility index (Phi) is 4.46. The van der Waals surface area contributed by atoms with Crippen LogP contribution in [0.2, 0.25) is 0 Å². The molecule has 0 aromatic heterocycles. The number of nitrogens with zero attached hydrogens (tertiary/aromatic N) is 1. The van der Waals surface area contributed by atoms with Crippen molar-refractivity contribution in [3.05, 3.63) is 29.8 Å². The summed E-state index contributed by atoms with van der Waals surface area (Å²) in [5, 5.41) is 5.23. The number of halogens is 3. The summed E-state index contributed by atoms with van der Waals surface area (Å²) in [4.78, 5) is 25.0. The predicted molar refractivity (Wildman–Crippen MR) is 69.5 cm³/mol. The third-order valence-electron chi connectivity index (χ3n) is 3.05. The Balaban J connectivity index is 2.04. The van der Waals surface area contributed by atoms with E-state index in [1.807, 2.05) is 0 Å². The number of nitrogens with one attached hydrogen (secondary N) is 2. The maximum Gasteiger partial charge on any atom is 0.416 e. The fourth-order valence-electron chi connectivity index (χ4n) is 1.97. The van der Waals surface area contributed by atoms with Gasteiger partial charge >= 0.3 is 18.0 Å². The summed E-state index contributed by atoms with van der Waals surface area (Å²) in [7, 11) is 0. The van der Waals surface area contributed by atoms with Gasteiger partial charge in [-0.1, -0.05) is 6.07 Å². The minimum atomic E-state index is -4.50. The lowest BCUT2D eigenvalue weighted by Crippen LogP contribution is -2.49. The highest BCUT2D eigenvalue weighted by Gasteiger charge is 2.31. The molecule has 21 heavy (non-hydrogen) atoms. The zero-order valence-corrected chi connectivity index (χ0v) is 11.0. The molecule has 2 amide bonds. The van der Waals surface area contributed by atoms with E-state index in [0.717, 1.165) is 12.1 Å². The van der Waals surface area contributed by atoms with Gasteiger partial charge in [0.25, 0.3) is 0 Å². The van der Waals surface area contributed by atoms with Gasteiger partial charge in [-0.3, -0.25) is 9.59 Å². The molecular weight excluding hydrogens is 287 g/mol. The summed E-state index contributed by atoms with van der Waals surface area (Å²) in [6.07, 6.45) is -4.50. The summed E-state index contributed by atoms with van der Waals surface area (Å²) in [6.45, 7) is 1.97. The Labute approximate surface area is 119 Å². The topological polar surface area (TPSA) is 61.4 Å². The number of amides is 2. The van der Waals surface area contributed by atoms with Crippen molar-refractivity contribution in [2.24, 2.45) is 0 Å². The Bertz CT molecular complexity index is 540. The molecule has 1 heterocycles. The minimum absolute atomic E-state index is 0.0571. The number of carbonyl (C=O) groups excluding carboxylic acids is 2. The highest BCUT2D eigenvalue weighted by atomic mass is 19.4. The average molecular weight is 301 g/mol. The summed E-state index contributed by atoms with van der Waals surface area (Å²) >= 11 is 0. The number of hydrogen-bond acceptors (Lipinski definition) is 3. The highest BCUT2D eigenvalue weighted by Crippen LogP contribution is 2.30. The van der Waals surface area contributed by atoms with Crippen LogP contribution in [0.1, 0.15) is 5.56 Å². The molecule has 1 aromatic rings. The van der Waals surface area contributed by atoms with Gasteiger partial charge < -0.3 is 15.5 Å². The van der Waals surface area contributed by atoms with Gasteiger partial charge in [-0.25, -0.2) is 0 Å². The predicted octanol–water partition coefficient (Wildman–Crippen LogP) is 1.08. The van der Waals surface area contributed by atoms with Crippen molar-refractivity contribution in [1.29, 1.82) is 0 Å². The molecule has 1 fully saturated rings. The van der Waals surface area contributed by atoms with Gasteiger partial charge in [0.2, 0.25) is 0 Å². The molecule has 114 valence electrons. The van der Waals surface area contributed by atoms with Gasteiger partial charge in [-0.05, 0) is 18.2 Å². The SMILES string of the molecule is O=C(Nc1cccc(C(F)(F)F)c1)C(=O)N1CCNCC1. The fourth-order valence-corrected chi connectivity index (χ4v) is 1.97. The van der Waals surface area contributed by atoms with Crippen molar-refractivity contribution < 1.29 is 22.8 Å². The summed E-state index contributed by atoms with van der Waals surface area (Å²) < 4.78 is 37.7. The second-order valence-corrected chi connectivity index (χ2v) is 4.57. The van der Waals surface area contributed by atoms with E-state index in [2.05, 4.69) is 10.6 Å². The van der Waals surface area contributed by atoms with Crippen molar-refractivity contribution in [3.63, 3.8) is 0 Å². The first-order valence-corrected chi connectivity index (χ1v) is 6.36. The zero-order valence-electron chi connectivity index (χ0n) is 11.0. The van der Waals surface area contributed by atoms with Crippen LogP contribution in [0.15, 0.2) is 24.3 Å². The van der Waals surface area contributed by atoms with E-state index in [0.29, 0.717) is 26.2 Å². The lowest BCUT2D eigenvalue weighted by atomic mass is 10.2. The average Bonchev–Trinajstić information content (AvgIpc) is 2.47. The number of hydrogen-bond donors (Lipinski definition) is 2. The zero-order chi connectivity index (χ0) is 15.5. The quantitative estimate of drug-likeness (QED) is 0.763. The van der Waals surface area contributed by atoms with Crippen LogP contribution in [0, 0.1) is 0 Å². The fraction of sp³-hybridized carbons (Fsp3) is 0.385. The molecule has 0 unspecified atom stereocenters. The molecule has 1 aliphatic heterocycles. The second kappa shape index (κ2) is 6.13. The lowest BCUT2D eigenvalue weighted by molar-refractivity contribution is -0.143. The first-order chi connectivity index (χ1) is 9.88. The van der Waals surface area contributed by atoms with Gasteiger partial charge in [0.1, 0.15) is 0 Å². The third kappa shape index (κ3) is 3.94. The van der Waals surface area contributed by atoms with Crippen LogP contribution in [-0.4, -0.2) is 42.9 Å². The van der Waals surface area contributed by atoms with E-state index in [1.165, 1.54) is 17.0 Å². The number of carbonyl (C=O) groups is 2. The monoisotopic (exact) mass is 301 g/mol. The summed E-state index contributed by atoms with van der Waals surface area (Å²) in [5.74, 6) is -1.68. The van der Waals surface area contributed by atoms with Crippen LogP contribution in [0.4, 0.5) is 18.9 Å². The van der Waals surface area contributed by atoms with Crippen LogP contribution in [-0.2, 0) is 15.8 Å². The third-order valence-corrected chi connectivity index (χ3v) is 3.05. The minimum Gasteiger partial charge on any atom is -0.332 e. The van der Waals surface area contributed by atoms with Crippen molar-refractivity contribution in [2.75, 3.05) is 31.5 Å². The van der Waals surface area contributed by atoms with Gasteiger partial charge in [0.15, 0.2) is 0 Å². The number of piperazine rings is 1. The van der Waals surface area contributed by atoms with E-state index in [-0.39, 0.29) is 5.69 Å². The highest BCUT2D eigenvalue weighted by molar-refractivity contribution is 6.39. The maximum atomic E-state index is 12.6. The molecule has 0 aliphatic carbocycles. The Hall–Kier alpha value is -2.09. The molecule has 1 aliphatic rings. The first-order valence-electron chi connectivity index (χ1n) is 6.36. The number of rotatable bonds is 1. The molecule has 1 aromatic carbocycles. The molecule has 5 nitrogen and oxygen atoms in total. The number of alkyl halides is 3. The molecule has 2 rings (SSSR count). The van der Waals surface area contributed by atoms with E-state index in [9.17, 15) is 22.8 Å². The molecule has 0 radical (unpaired) electrons. The van der Waals surface area contributed by atoms with Crippen molar-refractivity contribution in [2.45, 2.75) is 6.18 Å². The normalized spacial score (nSPS) is 15.7. The molecule has 0 bridgehead atoms. The molecule has 2 N–H and O–H groups in total. The molecular formula is C13H14F3N3O2. The standard InChI is InChI=1S/C13H14F3N3O2/c14-13(15,16)9-2-1-3-10(8-9)18-11(20)12(21)19-6-4-17-5-7-19/h1-3,8,17H,4-7H2,(H,18,20). The first kappa shape index (κ1) is 15.3. The van der Waals surface area contributed by atoms with Crippen LogP contribution in [0.25, 0.3) is 0 Å². The van der Waals surface area contributed by atoms with Crippen LogP contribution in [0.3, 0.4) is 0 Å². The van der Waals surface area contributed by atoms with E-state index in [1.54, 1.807) is 0 Å². The lowest BCUT2D eigenvalue weighted by Gasteiger charge is -2.26. The Morgan fingerprint density at radius 1 is 1.19 bits per heavy atom. The van der Waals surface area contributed by atoms with Gasteiger partial charge in [-0.2, -0.15) is 13.2 Å². The van der Waals surface area contributed by atoms with Crippen LogP contribution >= 0.6 is 0 Å². The Morgan fingerprint density at radius 3 is 2.48 bits per heavy atom. The smallest absolute Gasteiger partial charge is 0.332 e.